The van der Waals surface area contributed by atoms with Crippen molar-refractivity contribution in [1.82, 2.24) is 34.4 Å². The number of benzene rings is 2. The van der Waals surface area contributed by atoms with Gasteiger partial charge in [-0.3, -0.25) is 28.8 Å². The van der Waals surface area contributed by atoms with Gasteiger partial charge in [-0.1, -0.05) is 120 Å². The number of nitrogens with zero attached hydrogens (tertiary/aromatic N) is 7. The van der Waals surface area contributed by atoms with Gasteiger partial charge in [0.05, 0.1) is 23.7 Å². The van der Waals surface area contributed by atoms with Gasteiger partial charge >= 0.3 is 23.9 Å². The number of carbonyl (C=O) groups is 6. The number of rotatable bonds is 21. The fourth-order valence-corrected chi connectivity index (χ4v) is 27.9. The summed E-state index contributed by atoms with van der Waals surface area (Å²) in [6.07, 6.45) is 12.3. The zero-order chi connectivity index (χ0) is 84.9. The number of esters is 2. The van der Waals surface area contributed by atoms with Gasteiger partial charge in [0, 0.05) is 81.9 Å². The molecule has 0 radical (unpaired) electrons. The molecule has 0 unspecified atom stereocenters. The third-order valence-electron chi connectivity index (χ3n) is 34.1. The summed E-state index contributed by atoms with van der Waals surface area (Å²) in [4.78, 5) is 80.9. The number of carboxylic acids is 2. The quantitative estimate of drug-likeness (QED) is 0.0484. The number of carboxylic acid groups (broad SMARTS) is 2. The van der Waals surface area contributed by atoms with Crippen LogP contribution in [0.1, 0.15) is 277 Å². The third kappa shape index (κ3) is 13.9. The second-order valence-corrected chi connectivity index (χ2v) is 43.5. The summed E-state index contributed by atoms with van der Waals surface area (Å²) in [6.45, 7) is 41.0. The van der Waals surface area contributed by atoms with Crippen LogP contribution in [0.25, 0.3) is 22.8 Å². The Labute approximate surface area is 698 Å². The van der Waals surface area contributed by atoms with E-state index >= 15 is 0 Å². The Morgan fingerprint density at radius 1 is 0.509 bits per heavy atom. The lowest BCUT2D eigenvalue weighted by Crippen LogP contribution is -2.66. The first-order valence-electron chi connectivity index (χ1n) is 43.5. The molecule has 0 bridgehead atoms. The van der Waals surface area contributed by atoms with Crippen LogP contribution in [-0.2, 0) is 51.3 Å². The highest BCUT2D eigenvalue weighted by Crippen LogP contribution is 2.80. The van der Waals surface area contributed by atoms with Crippen molar-refractivity contribution < 1.29 is 58.7 Å². The second-order valence-electron chi connectivity index (χ2n) is 42.6. The van der Waals surface area contributed by atoms with E-state index in [0.29, 0.717) is 89.5 Å². The molecule has 22 heteroatoms. The summed E-state index contributed by atoms with van der Waals surface area (Å²) in [5.74, 6) is 1.59. The topological polar surface area (TPSA) is 292 Å². The van der Waals surface area contributed by atoms with E-state index in [4.69, 9.17) is 48.6 Å². The van der Waals surface area contributed by atoms with Gasteiger partial charge in [0.15, 0.2) is 34.9 Å². The molecule has 2 aromatic heterocycles. The molecule has 6 N–H and O–H groups in total. The molecule has 18 atom stereocenters. The number of aliphatic carboxylic acids is 2. The number of nitrogens with two attached hydrogens (primary N) is 1. The Morgan fingerprint density at radius 2 is 0.871 bits per heavy atom. The van der Waals surface area contributed by atoms with Crippen LogP contribution in [0.5, 0.6) is 0 Å². The lowest BCUT2D eigenvalue weighted by atomic mass is 9.33. The average molecular weight is 1640 g/mol. The molecule has 636 valence electrons. The van der Waals surface area contributed by atoms with Gasteiger partial charge in [-0.05, 0) is 295 Å². The number of hydrogen-bond donors (Lipinski definition) is 5. The van der Waals surface area contributed by atoms with Crippen molar-refractivity contribution in [1.29, 1.82) is 0 Å². The number of Topliss-reactive ketones (excluding diaryl/α,β-unsaturated/α-hetero) is 2. The fourth-order valence-electron chi connectivity index (χ4n) is 27.7. The average Bonchev–Trinajstić information content (AvgIpc) is 1.16. The lowest BCUT2D eigenvalue weighted by molar-refractivity contribution is -0.235. The normalized spacial score (nSPS) is 34.9. The number of carbonyl (C=O) groups excluding carboxylic acids is 4. The summed E-state index contributed by atoms with van der Waals surface area (Å²) in [5.41, 5.74) is 7.39. The van der Waals surface area contributed by atoms with Crippen LogP contribution in [-0.4, -0.2) is 130 Å². The van der Waals surface area contributed by atoms with Crippen LogP contribution in [0, 0.1) is 112 Å². The number of hydrogen-bond acceptors (Lipinski definition) is 16. The van der Waals surface area contributed by atoms with Crippen LogP contribution < -0.4 is 5.73 Å². The molecular weight excluding hydrogens is 1500 g/mol. The molecule has 10 aliphatic rings. The predicted molar refractivity (Wildman–Crippen MR) is 449 cm³/mol. The lowest BCUT2D eigenvalue weighted by Gasteiger charge is -2.72. The Balaban J connectivity index is 0.000000202. The van der Waals surface area contributed by atoms with Crippen molar-refractivity contribution in [3.05, 3.63) is 92.5 Å². The highest BCUT2D eigenvalue weighted by Gasteiger charge is 2.74. The molecule has 116 heavy (non-hydrogen) atoms. The van der Waals surface area contributed by atoms with Crippen molar-refractivity contribution in [3.63, 3.8) is 0 Å². The number of aromatic nitrogens is 6. The van der Waals surface area contributed by atoms with E-state index < -0.39 is 57.7 Å². The van der Waals surface area contributed by atoms with Gasteiger partial charge in [-0.15, -0.1) is 20.4 Å². The van der Waals surface area contributed by atoms with E-state index in [1.54, 1.807) is 27.7 Å². The molecule has 14 rings (SSSR count). The molecule has 4 aromatic rings. The van der Waals surface area contributed by atoms with E-state index in [9.17, 15) is 49.2 Å². The van der Waals surface area contributed by atoms with Gasteiger partial charge in [-0.2, -0.15) is 0 Å². The van der Waals surface area contributed by atoms with Crippen molar-refractivity contribution in [2.75, 3.05) is 27.2 Å². The number of halogens is 2. The van der Waals surface area contributed by atoms with Gasteiger partial charge in [0.25, 0.3) is 0 Å². The maximum absolute atomic E-state index is 14.5. The van der Waals surface area contributed by atoms with Crippen LogP contribution in [0.15, 0.2) is 70.8 Å². The predicted octanol–water partition coefficient (Wildman–Crippen LogP) is 18.6. The summed E-state index contributed by atoms with van der Waals surface area (Å²) in [7, 11) is 4.07. The summed E-state index contributed by atoms with van der Waals surface area (Å²) in [6, 6.07) is 15.0. The number of aliphatic hydroxyl groups is 2. The number of aliphatic hydroxyl groups excluding tert-OH is 2. The second kappa shape index (κ2) is 30.8. The summed E-state index contributed by atoms with van der Waals surface area (Å²) >= 11 is 12.5. The van der Waals surface area contributed by atoms with Crippen molar-refractivity contribution in [2.24, 2.45) is 118 Å². The van der Waals surface area contributed by atoms with E-state index in [0.717, 1.165) is 119 Å². The molecular formula is C94H134Cl2N8O12. The van der Waals surface area contributed by atoms with Crippen LogP contribution in [0.4, 0.5) is 0 Å². The number of ketones is 2. The molecule has 2 heterocycles. The standard InChI is InChI=1S/C48H69ClN4O6.C46H65ClN4O6/c1-28(2)37-32(54)26-48(39(56)41-51-50-40(53(41)25-24-52(10)11)29-12-14-30(49)15-13-29)23-22-46(8)31(38(37)48)16-17-34-45(7)20-19-35(59-36(55)27-43(3,4)42(57)58)44(5,6)33(45)18-21-47(34,46)9;1-26(2)35-30(52)24-46(37(54)39-50-49-38(51(39)23-22-48)27-10-12-28(47)13-11-27)21-20-44(8)29(36(35)46)14-15-32-43(7)18-17-33(57-34(53)25-41(3,4)40(55)56)42(5,6)31(43)16-19-45(32,44)9/h12-15,28,31,33-35,39,56H,16-27H2,1-11H3,(H,57,58);10-13,26,29,31-33,37,54H,14-25,48H2,1-9H3,(H,55,56)/t31-,33+,34-,35+,39+,45+,46-,47-,48-;29-,31+,32-,33+,37+,43+,44-,45-,46-/m11/s1. The number of allylic oxidation sites excluding steroid dienone is 2. The van der Waals surface area contributed by atoms with Crippen molar-refractivity contribution >= 4 is 58.6 Å². The van der Waals surface area contributed by atoms with Crippen LogP contribution in [0.3, 0.4) is 0 Å². The minimum atomic E-state index is -1.18. The zero-order valence-corrected chi connectivity index (χ0v) is 74.5. The highest BCUT2D eigenvalue weighted by molar-refractivity contribution is 6.31. The smallest absolute Gasteiger partial charge is 0.309 e. The number of fused-ring (bicyclic) bond motifs is 14. The summed E-state index contributed by atoms with van der Waals surface area (Å²) in [5, 5.41) is 65.0. The van der Waals surface area contributed by atoms with Gasteiger partial charge < -0.3 is 49.7 Å². The molecule has 8 fully saturated rings. The fraction of sp³-hybridized carbons (Fsp3) is 0.723. The largest absolute Gasteiger partial charge is 0.481 e. The minimum Gasteiger partial charge on any atom is -0.481 e. The number of likely N-dealkylation sites (N-methyl/N-ethyl adjacent to an activating group) is 1. The Morgan fingerprint density at radius 3 is 1.21 bits per heavy atom. The maximum Gasteiger partial charge on any atom is 0.309 e. The van der Waals surface area contributed by atoms with Crippen LogP contribution in [0.2, 0.25) is 10.0 Å². The highest BCUT2D eigenvalue weighted by atomic mass is 35.5. The Bertz CT molecular complexity index is 4560. The molecule has 2 aromatic carbocycles. The van der Waals surface area contributed by atoms with E-state index in [1.807, 2.05) is 67.2 Å². The van der Waals surface area contributed by atoms with Crippen molar-refractivity contribution in [2.45, 2.75) is 291 Å². The van der Waals surface area contributed by atoms with Crippen molar-refractivity contribution in [3.8, 4) is 22.8 Å². The molecule has 0 spiro atoms. The van der Waals surface area contributed by atoms with Gasteiger partial charge in [0.2, 0.25) is 0 Å². The number of ether oxygens (including phenoxy) is 2. The Hall–Kier alpha value is -6.16. The maximum atomic E-state index is 14.5. The van der Waals surface area contributed by atoms with Crippen LogP contribution >= 0.6 is 23.2 Å². The SMILES string of the molecule is CC(C)C1=C2[C@H]3CC[C@@H]4[C@@]5(C)CC[C@H](OC(=O)CC(C)(C)C(=O)O)C(C)(C)[C@@H]5CC[C@@]4(C)[C@]3(C)CC[C@@]2([C@@H](O)c2nnc(-c3ccc(Cl)cc3)n2CCN(C)C)CC1=O.CC(C)C1=C2[C@H]3CC[C@@H]4[C@@]5(C)CC[C@H](OC(=O)CC(C)(C)C(=O)O)C(C)(C)[C@@H]5CC[C@@]4(C)[C@]3(C)CC[C@@]2([C@@H](O)c2nnc(-c3ccc(Cl)cc3)n2CCN)CC1=O. The third-order valence-corrected chi connectivity index (χ3v) is 34.7. The monoisotopic (exact) mass is 1640 g/mol. The first-order chi connectivity index (χ1) is 54.0. The summed E-state index contributed by atoms with van der Waals surface area (Å²) < 4.78 is 16.4. The minimum absolute atomic E-state index is 0.0131. The van der Waals surface area contributed by atoms with Gasteiger partial charge in [0.1, 0.15) is 24.4 Å². The zero-order valence-electron chi connectivity index (χ0n) is 73.0. The Kier molecular flexibility index (Phi) is 23.2. The molecule has 20 nitrogen and oxygen atoms in total. The van der Waals surface area contributed by atoms with Gasteiger partial charge in [-0.25, -0.2) is 0 Å². The van der Waals surface area contributed by atoms with E-state index in [-0.39, 0.29) is 116 Å². The first-order valence-corrected chi connectivity index (χ1v) is 44.3. The van der Waals surface area contributed by atoms with E-state index in [2.05, 4.69) is 117 Å². The molecule has 8 saturated carbocycles. The molecule has 10 aliphatic carbocycles. The molecule has 0 amide bonds. The van der Waals surface area contributed by atoms with E-state index in [1.165, 1.54) is 11.1 Å². The first kappa shape index (κ1) is 87.7. The molecule has 0 aliphatic heterocycles. The molecule has 0 saturated heterocycles.